The summed E-state index contributed by atoms with van der Waals surface area (Å²) in [6.45, 7) is 6.16. The normalized spacial score (nSPS) is 24.0. The van der Waals surface area contributed by atoms with Crippen LogP contribution >= 0.6 is 0 Å². The maximum Gasteiger partial charge on any atom is 0.247 e. The molecule has 1 aromatic carbocycles. The van der Waals surface area contributed by atoms with Crippen LogP contribution in [0.5, 0.6) is 0 Å². The molecular formula is C19H25N3O3. The van der Waals surface area contributed by atoms with Gasteiger partial charge in [-0.15, -0.1) is 0 Å². The Morgan fingerprint density at radius 2 is 1.96 bits per heavy atom. The van der Waals surface area contributed by atoms with E-state index >= 15 is 0 Å². The zero-order valence-corrected chi connectivity index (χ0v) is 14.8. The molecule has 3 rings (SSSR count). The van der Waals surface area contributed by atoms with Gasteiger partial charge in [0.25, 0.3) is 0 Å². The lowest BCUT2D eigenvalue weighted by molar-refractivity contribution is -0.146. The number of nitrogens with one attached hydrogen (secondary N) is 1. The molecule has 2 heterocycles. The van der Waals surface area contributed by atoms with Crippen LogP contribution < -0.4 is 5.32 Å². The first kappa shape index (κ1) is 17.5. The monoisotopic (exact) mass is 343 g/mol. The van der Waals surface area contributed by atoms with Crippen LogP contribution in [0.25, 0.3) is 0 Å². The lowest BCUT2D eigenvalue weighted by Gasteiger charge is -2.36. The lowest BCUT2D eigenvalue weighted by atomic mass is 9.99. The van der Waals surface area contributed by atoms with Crippen molar-refractivity contribution in [1.82, 2.24) is 15.1 Å². The highest BCUT2D eigenvalue weighted by Gasteiger charge is 2.41. The topological polar surface area (TPSA) is 69.7 Å². The summed E-state index contributed by atoms with van der Waals surface area (Å²) in [5.74, 6) is -0.207. The van der Waals surface area contributed by atoms with Crippen LogP contribution in [0, 0.1) is 11.8 Å². The quantitative estimate of drug-likeness (QED) is 0.893. The molecule has 1 N–H and O–H groups in total. The second kappa shape index (κ2) is 7.25. The van der Waals surface area contributed by atoms with Crippen molar-refractivity contribution in [3.05, 3.63) is 35.9 Å². The molecule has 6 nitrogen and oxygen atoms in total. The first-order valence-corrected chi connectivity index (χ1v) is 8.88. The van der Waals surface area contributed by atoms with Crippen LogP contribution in [0.2, 0.25) is 0 Å². The van der Waals surface area contributed by atoms with Gasteiger partial charge in [0.1, 0.15) is 6.04 Å². The van der Waals surface area contributed by atoms with Crippen LogP contribution in [0.4, 0.5) is 0 Å². The summed E-state index contributed by atoms with van der Waals surface area (Å²) < 4.78 is 0. The molecule has 2 aliphatic rings. The zero-order valence-electron chi connectivity index (χ0n) is 14.8. The molecule has 0 bridgehead atoms. The minimum absolute atomic E-state index is 0.0322. The Bertz CT molecular complexity index is 659. The Hall–Kier alpha value is -2.37. The maximum absolute atomic E-state index is 13.1. The molecule has 2 saturated heterocycles. The number of carbonyl (C=O) groups excluding carboxylic acids is 3. The van der Waals surface area contributed by atoms with Gasteiger partial charge >= 0.3 is 0 Å². The van der Waals surface area contributed by atoms with E-state index in [9.17, 15) is 14.4 Å². The second-order valence-electron chi connectivity index (χ2n) is 7.23. The second-order valence-corrected chi connectivity index (χ2v) is 7.23. The fourth-order valence-electron chi connectivity index (χ4n) is 3.66. The Balaban J connectivity index is 1.78. The number of benzene rings is 1. The average Bonchev–Trinajstić information content (AvgIpc) is 2.95. The van der Waals surface area contributed by atoms with Crippen molar-refractivity contribution >= 4 is 17.7 Å². The summed E-state index contributed by atoms with van der Waals surface area (Å²) in [4.78, 5) is 41.1. The van der Waals surface area contributed by atoms with Gasteiger partial charge in [-0.05, 0) is 11.5 Å². The Morgan fingerprint density at radius 3 is 2.64 bits per heavy atom. The van der Waals surface area contributed by atoms with Gasteiger partial charge in [0, 0.05) is 32.6 Å². The van der Waals surface area contributed by atoms with Crippen molar-refractivity contribution in [3.8, 4) is 0 Å². The number of hydrogen-bond donors (Lipinski definition) is 1. The minimum Gasteiger partial charge on any atom is -0.352 e. The van der Waals surface area contributed by atoms with E-state index in [0.29, 0.717) is 32.1 Å². The molecule has 25 heavy (non-hydrogen) atoms. The standard InChI is InChI=1S/C19H25N3O3/c1-13(2)11-21-12-15(10-16(21)23)19(25)22-9-8-20-18(24)17(22)14-6-4-3-5-7-14/h3-7,13,15,17H,8-12H2,1-2H3,(H,20,24)/t15-,17+/m0/s1. The fourth-order valence-corrected chi connectivity index (χ4v) is 3.66. The van der Waals surface area contributed by atoms with E-state index in [2.05, 4.69) is 19.2 Å². The van der Waals surface area contributed by atoms with Crippen molar-refractivity contribution in [3.63, 3.8) is 0 Å². The number of piperazine rings is 1. The highest BCUT2D eigenvalue weighted by atomic mass is 16.2. The van der Waals surface area contributed by atoms with E-state index in [4.69, 9.17) is 0 Å². The highest BCUT2D eigenvalue weighted by molar-refractivity contribution is 5.93. The van der Waals surface area contributed by atoms with Gasteiger partial charge in [0.15, 0.2) is 0 Å². The van der Waals surface area contributed by atoms with Crippen LogP contribution in [-0.4, -0.2) is 53.7 Å². The lowest BCUT2D eigenvalue weighted by Crippen LogP contribution is -2.53. The van der Waals surface area contributed by atoms with Crippen molar-refractivity contribution in [2.75, 3.05) is 26.2 Å². The molecule has 6 heteroatoms. The first-order valence-electron chi connectivity index (χ1n) is 8.88. The number of nitrogens with zero attached hydrogens (tertiary/aromatic N) is 2. The largest absolute Gasteiger partial charge is 0.352 e. The summed E-state index contributed by atoms with van der Waals surface area (Å²) in [6.07, 6.45) is 0.241. The van der Waals surface area contributed by atoms with E-state index in [0.717, 1.165) is 5.56 Å². The predicted octanol–water partition coefficient (Wildman–Crippen LogP) is 1.19. The van der Waals surface area contributed by atoms with Gasteiger partial charge in [-0.2, -0.15) is 0 Å². The number of hydrogen-bond acceptors (Lipinski definition) is 3. The van der Waals surface area contributed by atoms with Crippen molar-refractivity contribution in [2.45, 2.75) is 26.3 Å². The molecule has 0 spiro atoms. The molecule has 134 valence electrons. The molecule has 2 aliphatic heterocycles. The van der Waals surface area contributed by atoms with Gasteiger partial charge in [-0.1, -0.05) is 44.2 Å². The van der Waals surface area contributed by atoms with Gasteiger partial charge in [0.05, 0.1) is 5.92 Å². The van der Waals surface area contributed by atoms with Crippen LogP contribution in [0.3, 0.4) is 0 Å². The van der Waals surface area contributed by atoms with E-state index in [1.54, 1.807) is 9.80 Å². The average molecular weight is 343 g/mol. The zero-order chi connectivity index (χ0) is 18.0. The van der Waals surface area contributed by atoms with Crippen LogP contribution in [-0.2, 0) is 14.4 Å². The number of rotatable bonds is 4. The smallest absolute Gasteiger partial charge is 0.247 e. The van der Waals surface area contributed by atoms with E-state index in [1.165, 1.54) is 0 Å². The molecule has 0 saturated carbocycles. The van der Waals surface area contributed by atoms with E-state index < -0.39 is 6.04 Å². The molecule has 3 amide bonds. The third-order valence-electron chi connectivity index (χ3n) is 4.76. The number of carbonyl (C=O) groups is 3. The molecule has 0 aliphatic carbocycles. The van der Waals surface area contributed by atoms with Crippen molar-refractivity contribution in [1.29, 1.82) is 0 Å². The summed E-state index contributed by atoms with van der Waals surface area (Å²) in [5.41, 5.74) is 0.802. The van der Waals surface area contributed by atoms with E-state index in [-0.39, 0.29) is 30.1 Å². The molecule has 0 radical (unpaired) electrons. The maximum atomic E-state index is 13.1. The van der Waals surface area contributed by atoms with Crippen LogP contribution in [0.15, 0.2) is 30.3 Å². The summed E-state index contributed by atoms with van der Waals surface area (Å²) in [5, 5.41) is 2.84. The Morgan fingerprint density at radius 1 is 1.24 bits per heavy atom. The first-order chi connectivity index (χ1) is 12.0. The van der Waals surface area contributed by atoms with Crippen LogP contribution in [0.1, 0.15) is 31.9 Å². The third kappa shape index (κ3) is 3.67. The minimum atomic E-state index is -0.614. The molecule has 0 aromatic heterocycles. The molecular weight excluding hydrogens is 318 g/mol. The summed E-state index contributed by atoms with van der Waals surface area (Å²) >= 11 is 0. The number of likely N-dealkylation sites (tertiary alicyclic amines) is 1. The molecule has 2 atom stereocenters. The van der Waals surface area contributed by atoms with Crippen molar-refractivity contribution < 1.29 is 14.4 Å². The molecule has 2 fully saturated rings. The summed E-state index contributed by atoms with van der Waals surface area (Å²) in [6, 6.07) is 8.72. The van der Waals surface area contributed by atoms with Gasteiger partial charge < -0.3 is 15.1 Å². The Kier molecular flexibility index (Phi) is 5.06. The molecule has 0 unspecified atom stereocenters. The molecule has 1 aromatic rings. The van der Waals surface area contributed by atoms with Gasteiger partial charge in [0.2, 0.25) is 17.7 Å². The van der Waals surface area contributed by atoms with Gasteiger partial charge in [-0.3, -0.25) is 14.4 Å². The van der Waals surface area contributed by atoms with Crippen molar-refractivity contribution in [2.24, 2.45) is 11.8 Å². The SMILES string of the molecule is CC(C)CN1C[C@@H](C(=O)N2CCNC(=O)[C@H]2c2ccccc2)CC1=O. The number of amides is 3. The third-order valence-corrected chi connectivity index (χ3v) is 4.76. The Labute approximate surface area is 148 Å². The predicted molar refractivity (Wildman–Crippen MR) is 93.4 cm³/mol. The summed E-state index contributed by atoms with van der Waals surface area (Å²) in [7, 11) is 0. The highest BCUT2D eigenvalue weighted by Crippen LogP contribution is 2.28. The fraction of sp³-hybridized carbons (Fsp3) is 0.526. The van der Waals surface area contributed by atoms with E-state index in [1.807, 2.05) is 30.3 Å². The van der Waals surface area contributed by atoms with Gasteiger partial charge in [-0.25, -0.2) is 0 Å².